The number of carbonyl (C=O) groups is 3. The number of rotatable bonds is 8. The van der Waals surface area contributed by atoms with Crippen LogP contribution in [0.4, 0.5) is 5.69 Å². The van der Waals surface area contributed by atoms with Gasteiger partial charge in [-0.15, -0.1) is 0 Å². The van der Waals surface area contributed by atoms with Crippen LogP contribution in [-0.4, -0.2) is 24.3 Å². The molecule has 0 fully saturated rings. The lowest BCUT2D eigenvalue weighted by atomic mass is 10.1. The molecule has 0 aliphatic carbocycles. The molecule has 0 spiro atoms. The van der Waals surface area contributed by atoms with E-state index in [4.69, 9.17) is 5.73 Å². The third kappa shape index (κ3) is 6.00. The van der Waals surface area contributed by atoms with E-state index in [1.165, 1.54) is 0 Å². The number of hydrogen-bond donors (Lipinski definition) is 3. The predicted octanol–water partition coefficient (Wildman–Crippen LogP) is 2.63. The van der Waals surface area contributed by atoms with Gasteiger partial charge in [0.25, 0.3) is 5.91 Å². The number of nitrogens with one attached hydrogen (secondary N) is 2. The summed E-state index contributed by atoms with van der Waals surface area (Å²) < 4.78 is 0.960. The molecule has 0 atom stereocenters. The molecular weight excluding hydrogens is 398 g/mol. The van der Waals surface area contributed by atoms with Gasteiger partial charge in [-0.2, -0.15) is 0 Å². The van der Waals surface area contributed by atoms with Gasteiger partial charge in [0.1, 0.15) is 0 Å². The number of para-hydroxylation sites is 1. The number of nitrogens with two attached hydrogens (primary N) is 1. The van der Waals surface area contributed by atoms with Crippen LogP contribution in [0, 0.1) is 0 Å². The lowest BCUT2D eigenvalue weighted by Gasteiger charge is -2.11. The second-order valence-electron chi connectivity index (χ2n) is 5.66. The first-order chi connectivity index (χ1) is 12.5. The Kier molecular flexibility index (Phi) is 7.35. The summed E-state index contributed by atoms with van der Waals surface area (Å²) in [6, 6.07) is 14.5. The molecule has 0 heterocycles. The monoisotopic (exact) mass is 417 g/mol. The van der Waals surface area contributed by atoms with E-state index in [-0.39, 0.29) is 24.8 Å². The minimum absolute atomic E-state index is 0.0617. The van der Waals surface area contributed by atoms with Gasteiger partial charge in [-0.1, -0.05) is 46.3 Å². The van der Waals surface area contributed by atoms with Gasteiger partial charge >= 0.3 is 0 Å². The molecule has 7 heteroatoms. The highest BCUT2D eigenvalue weighted by atomic mass is 79.9. The Morgan fingerprint density at radius 1 is 0.962 bits per heavy atom. The van der Waals surface area contributed by atoms with E-state index in [2.05, 4.69) is 26.6 Å². The highest BCUT2D eigenvalue weighted by Gasteiger charge is 2.13. The summed E-state index contributed by atoms with van der Waals surface area (Å²) in [5.41, 5.74) is 6.87. The summed E-state index contributed by atoms with van der Waals surface area (Å²) >= 11 is 3.46. The summed E-state index contributed by atoms with van der Waals surface area (Å²) in [5.74, 6) is -1.04. The van der Waals surface area contributed by atoms with Crippen LogP contribution in [0.25, 0.3) is 0 Å². The minimum atomic E-state index is -0.487. The van der Waals surface area contributed by atoms with Crippen LogP contribution in [0.1, 0.15) is 28.8 Å². The number of hydrogen-bond acceptors (Lipinski definition) is 3. The molecule has 2 aromatic carbocycles. The Labute approximate surface area is 160 Å². The fourth-order valence-corrected chi connectivity index (χ4v) is 2.83. The van der Waals surface area contributed by atoms with Crippen molar-refractivity contribution < 1.29 is 14.4 Å². The van der Waals surface area contributed by atoms with Crippen LogP contribution in [0.5, 0.6) is 0 Å². The zero-order valence-corrected chi connectivity index (χ0v) is 15.7. The van der Waals surface area contributed by atoms with Gasteiger partial charge in [-0.3, -0.25) is 14.4 Å². The largest absolute Gasteiger partial charge is 0.370 e. The Morgan fingerprint density at radius 2 is 1.65 bits per heavy atom. The molecule has 0 saturated heterocycles. The van der Waals surface area contributed by atoms with Gasteiger partial charge in [0.15, 0.2) is 0 Å². The van der Waals surface area contributed by atoms with E-state index in [0.29, 0.717) is 24.1 Å². The maximum absolute atomic E-state index is 12.3. The van der Waals surface area contributed by atoms with Gasteiger partial charge in [0.05, 0.1) is 11.3 Å². The number of benzene rings is 2. The topological polar surface area (TPSA) is 101 Å². The van der Waals surface area contributed by atoms with Crippen molar-refractivity contribution in [3.05, 3.63) is 64.1 Å². The van der Waals surface area contributed by atoms with Gasteiger partial charge in [0, 0.05) is 23.9 Å². The first kappa shape index (κ1) is 19.7. The maximum Gasteiger partial charge on any atom is 0.253 e. The second-order valence-corrected chi connectivity index (χ2v) is 6.51. The van der Waals surface area contributed by atoms with E-state index in [0.717, 1.165) is 10.0 Å². The van der Waals surface area contributed by atoms with Crippen molar-refractivity contribution in [2.45, 2.75) is 19.3 Å². The lowest BCUT2D eigenvalue weighted by Crippen LogP contribution is -2.28. The normalized spacial score (nSPS) is 10.2. The zero-order valence-electron chi connectivity index (χ0n) is 14.1. The number of aryl methyl sites for hydroxylation is 1. The molecule has 0 aliphatic heterocycles. The summed E-state index contributed by atoms with van der Waals surface area (Å²) in [6.45, 7) is 0.151. The van der Waals surface area contributed by atoms with Crippen molar-refractivity contribution in [1.82, 2.24) is 5.32 Å². The Hall–Kier alpha value is -2.67. The Morgan fingerprint density at radius 3 is 2.38 bits per heavy atom. The van der Waals surface area contributed by atoms with Crippen LogP contribution in [0.15, 0.2) is 53.0 Å². The lowest BCUT2D eigenvalue weighted by molar-refractivity contribution is -0.118. The number of halogens is 1. The summed E-state index contributed by atoms with van der Waals surface area (Å²) in [5, 5.41) is 5.39. The number of carbonyl (C=O) groups excluding carboxylic acids is 3. The zero-order chi connectivity index (χ0) is 18.9. The van der Waals surface area contributed by atoms with Crippen LogP contribution in [-0.2, 0) is 16.0 Å². The summed E-state index contributed by atoms with van der Waals surface area (Å²) in [6.07, 6.45) is 0.937. The van der Waals surface area contributed by atoms with Crippen LogP contribution >= 0.6 is 15.9 Å². The summed E-state index contributed by atoms with van der Waals surface area (Å²) in [4.78, 5) is 35.2. The Balaban J connectivity index is 1.96. The number of anilines is 1. The molecule has 4 N–H and O–H groups in total. The average molecular weight is 418 g/mol. The van der Waals surface area contributed by atoms with E-state index in [9.17, 15) is 14.4 Å². The van der Waals surface area contributed by atoms with Crippen LogP contribution < -0.4 is 16.4 Å². The van der Waals surface area contributed by atoms with E-state index in [1.54, 1.807) is 24.3 Å². The highest BCUT2D eigenvalue weighted by molar-refractivity contribution is 9.10. The average Bonchev–Trinajstić information content (AvgIpc) is 2.61. The molecule has 2 aromatic rings. The predicted molar refractivity (Wildman–Crippen MR) is 104 cm³/mol. The fourth-order valence-electron chi connectivity index (χ4n) is 2.35. The SMILES string of the molecule is NC(=O)CCNC(=O)c1ccccc1NC(=O)CCc1ccccc1Br. The standard InChI is InChI=1S/C19H20BrN3O3/c20-15-7-3-1-5-13(15)9-10-18(25)23-16-8-4-2-6-14(16)19(26)22-12-11-17(21)24/h1-8H,9-12H2,(H2,21,24)(H,22,26)(H,23,25). The van der Waals surface area contributed by atoms with Gasteiger partial charge in [-0.25, -0.2) is 0 Å². The molecule has 0 radical (unpaired) electrons. The number of primary amides is 1. The number of amides is 3. The molecule has 26 heavy (non-hydrogen) atoms. The van der Waals surface area contributed by atoms with Crippen molar-refractivity contribution >= 4 is 39.3 Å². The Bertz CT molecular complexity index is 808. The van der Waals surface area contributed by atoms with Crippen molar-refractivity contribution in [3.8, 4) is 0 Å². The smallest absolute Gasteiger partial charge is 0.253 e. The molecule has 2 rings (SSSR count). The van der Waals surface area contributed by atoms with Gasteiger partial charge in [-0.05, 0) is 30.2 Å². The molecule has 3 amide bonds. The third-order valence-corrected chi connectivity index (χ3v) is 4.46. The van der Waals surface area contributed by atoms with Gasteiger partial charge < -0.3 is 16.4 Å². The molecule has 6 nitrogen and oxygen atoms in total. The van der Waals surface area contributed by atoms with E-state index < -0.39 is 5.91 Å². The van der Waals surface area contributed by atoms with Gasteiger partial charge in [0.2, 0.25) is 11.8 Å². The molecule has 136 valence electrons. The highest BCUT2D eigenvalue weighted by Crippen LogP contribution is 2.19. The second kappa shape index (κ2) is 9.72. The molecular formula is C19H20BrN3O3. The van der Waals surface area contributed by atoms with Crippen LogP contribution in [0.3, 0.4) is 0 Å². The van der Waals surface area contributed by atoms with E-state index >= 15 is 0 Å². The van der Waals surface area contributed by atoms with Crippen molar-refractivity contribution in [1.29, 1.82) is 0 Å². The molecule has 0 unspecified atom stereocenters. The van der Waals surface area contributed by atoms with Crippen molar-refractivity contribution in [3.63, 3.8) is 0 Å². The molecule has 0 bridgehead atoms. The van der Waals surface area contributed by atoms with Crippen molar-refractivity contribution in [2.24, 2.45) is 5.73 Å². The first-order valence-electron chi connectivity index (χ1n) is 8.16. The van der Waals surface area contributed by atoms with Crippen molar-refractivity contribution in [2.75, 3.05) is 11.9 Å². The minimum Gasteiger partial charge on any atom is -0.370 e. The quantitative estimate of drug-likeness (QED) is 0.614. The first-order valence-corrected chi connectivity index (χ1v) is 8.95. The maximum atomic E-state index is 12.3. The fraction of sp³-hybridized carbons (Fsp3) is 0.211. The molecule has 0 aliphatic rings. The third-order valence-electron chi connectivity index (χ3n) is 3.68. The van der Waals surface area contributed by atoms with E-state index in [1.807, 2.05) is 24.3 Å². The molecule has 0 aromatic heterocycles. The summed E-state index contributed by atoms with van der Waals surface area (Å²) in [7, 11) is 0. The van der Waals surface area contributed by atoms with Crippen LogP contribution in [0.2, 0.25) is 0 Å². The molecule has 0 saturated carbocycles.